The van der Waals surface area contributed by atoms with E-state index in [-0.39, 0.29) is 26.1 Å². The fourth-order valence-corrected chi connectivity index (χ4v) is 2.45. The molecule has 0 aromatic carbocycles. The average molecular weight is 411 g/mol. The molecule has 1 aromatic heterocycles. The molecule has 12 heteroatoms. The minimum atomic E-state index is -1.61. The molecular weight excluding hydrogens is 390 g/mol. The van der Waals surface area contributed by atoms with Crippen molar-refractivity contribution >= 4 is 17.9 Å². The maximum absolute atomic E-state index is 12.4. The lowest BCUT2D eigenvalue weighted by Crippen LogP contribution is -2.56. The highest BCUT2D eigenvalue weighted by Gasteiger charge is 2.37. The predicted octanol–water partition coefficient (Wildman–Crippen LogP) is -1.28. The maximum atomic E-state index is 12.4. The molecule has 0 saturated carbocycles. The lowest BCUT2D eigenvalue weighted by molar-refractivity contribution is -0.148. The highest BCUT2D eigenvalue weighted by Crippen LogP contribution is 2.24. The standard InChI is InChI=1S/C17H21N3O9/c1-4-12(22)27-8-6-17(10-29-11(3)21,7-9-28-13(23)5-2)20-15(25)18-14(24)19-16(20)26/h4-5H,1-2,6-10H2,3H3,(H2,18,19,24,25,26). The third kappa shape index (κ3) is 6.75. The van der Waals surface area contributed by atoms with Crippen LogP contribution in [0.25, 0.3) is 0 Å². The maximum Gasteiger partial charge on any atom is 0.334 e. The zero-order valence-electron chi connectivity index (χ0n) is 15.7. The topological polar surface area (TPSA) is 167 Å². The van der Waals surface area contributed by atoms with E-state index in [1.54, 1.807) is 0 Å². The Morgan fingerprint density at radius 2 is 1.38 bits per heavy atom. The number of H-pyrrole nitrogens is 2. The van der Waals surface area contributed by atoms with Crippen LogP contribution < -0.4 is 17.1 Å². The number of aromatic amines is 2. The van der Waals surface area contributed by atoms with E-state index in [1.807, 2.05) is 9.97 Å². The van der Waals surface area contributed by atoms with Gasteiger partial charge in [0.25, 0.3) is 0 Å². The number of esters is 3. The van der Waals surface area contributed by atoms with E-state index in [0.717, 1.165) is 19.1 Å². The second kappa shape index (κ2) is 10.6. The Morgan fingerprint density at radius 3 is 1.76 bits per heavy atom. The molecule has 0 aliphatic heterocycles. The average Bonchev–Trinajstić information content (AvgIpc) is 2.64. The van der Waals surface area contributed by atoms with Crippen LogP contribution in [0, 0.1) is 0 Å². The first kappa shape index (κ1) is 23.3. The largest absolute Gasteiger partial charge is 0.463 e. The van der Waals surface area contributed by atoms with Crippen LogP contribution in [0.3, 0.4) is 0 Å². The van der Waals surface area contributed by atoms with E-state index in [4.69, 9.17) is 14.2 Å². The van der Waals surface area contributed by atoms with Gasteiger partial charge in [0.2, 0.25) is 0 Å². The summed E-state index contributed by atoms with van der Waals surface area (Å²) in [4.78, 5) is 73.9. The first-order valence-electron chi connectivity index (χ1n) is 8.33. The summed E-state index contributed by atoms with van der Waals surface area (Å²) in [6, 6.07) is 0. The first-order chi connectivity index (χ1) is 13.6. The molecule has 0 bridgehead atoms. The van der Waals surface area contributed by atoms with E-state index >= 15 is 0 Å². The van der Waals surface area contributed by atoms with Crippen LogP contribution in [0.4, 0.5) is 0 Å². The molecule has 1 heterocycles. The minimum Gasteiger partial charge on any atom is -0.463 e. The quantitative estimate of drug-likeness (QED) is 0.256. The molecule has 29 heavy (non-hydrogen) atoms. The Hall–Kier alpha value is -3.70. The van der Waals surface area contributed by atoms with E-state index < -0.39 is 47.1 Å². The molecule has 0 amide bonds. The number of aromatic nitrogens is 3. The van der Waals surface area contributed by atoms with Gasteiger partial charge in [0, 0.05) is 31.9 Å². The number of nitrogens with zero attached hydrogens (tertiary/aromatic N) is 1. The van der Waals surface area contributed by atoms with Gasteiger partial charge < -0.3 is 14.2 Å². The van der Waals surface area contributed by atoms with Gasteiger partial charge >= 0.3 is 35.0 Å². The number of hydrogen-bond acceptors (Lipinski definition) is 9. The lowest BCUT2D eigenvalue weighted by atomic mass is 9.92. The molecule has 0 atom stereocenters. The molecule has 0 aliphatic rings. The Kier molecular flexibility index (Phi) is 8.52. The van der Waals surface area contributed by atoms with Crippen molar-refractivity contribution < 1.29 is 28.6 Å². The summed E-state index contributed by atoms with van der Waals surface area (Å²) < 4.78 is 15.4. The van der Waals surface area contributed by atoms with Crippen molar-refractivity contribution in [1.82, 2.24) is 14.5 Å². The van der Waals surface area contributed by atoms with Gasteiger partial charge in [-0.05, 0) is 0 Å². The van der Waals surface area contributed by atoms with Gasteiger partial charge in [-0.2, -0.15) is 0 Å². The van der Waals surface area contributed by atoms with Gasteiger partial charge in [0.1, 0.15) is 6.61 Å². The summed E-state index contributed by atoms with van der Waals surface area (Å²) in [5, 5.41) is 0. The molecule has 0 fully saturated rings. The molecule has 2 N–H and O–H groups in total. The van der Waals surface area contributed by atoms with Gasteiger partial charge in [-0.25, -0.2) is 28.5 Å². The van der Waals surface area contributed by atoms with Crippen LogP contribution in [-0.4, -0.2) is 52.3 Å². The molecule has 0 saturated heterocycles. The number of carbonyl (C=O) groups excluding carboxylic acids is 3. The summed E-state index contributed by atoms with van der Waals surface area (Å²) in [6.45, 7) is 6.51. The lowest BCUT2D eigenvalue weighted by Gasteiger charge is -2.33. The molecule has 0 spiro atoms. The van der Waals surface area contributed by atoms with Crippen molar-refractivity contribution in [3.8, 4) is 0 Å². The molecule has 1 rings (SSSR count). The van der Waals surface area contributed by atoms with Crippen LogP contribution in [0.1, 0.15) is 19.8 Å². The number of rotatable bonds is 11. The van der Waals surface area contributed by atoms with Gasteiger partial charge in [-0.1, -0.05) is 13.2 Å². The fourth-order valence-electron chi connectivity index (χ4n) is 2.45. The third-order valence-corrected chi connectivity index (χ3v) is 3.82. The van der Waals surface area contributed by atoms with Gasteiger partial charge in [0.05, 0.1) is 18.8 Å². The smallest absolute Gasteiger partial charge is 0.334 e. The zero-order valence-corrected chi connectivity index (χ0v) is 15.7. The Balaban J connectivity index is 3.41. The number of nitrogens with one attached hydrogen (secondary N) is 2. The molecule has 158 valence electrons. The SMILES string of the molecule is C=CC(=O)OCCC(CCOC(=O)C=C)(COC(C)=O)n1c(=O)[nH]c(=O)[nH]c1=O. The summed E-state index contributed by atoms with van der Waals surface area (Å²) in [7, 11) is 0. The molecular formula is C17H21N3O9. The van der Waals surface area contributed by atoms with Crippen LogP contribution >= 0.6 is 0 Å². The van der Waals surface area contributed by atoms with Gasteiger partial charge in [-0.15, -0.1) is 0 Å². The molecule has 12 nitrogen and oxygen atoms in total. The second-order valence-electron chi connectivity index (χ2n) is 5.77. The summed E-state index contributed by atoms with van der Waals surface area (Å²) >= 11 is 0. The van der Waals surface area contributed by atoms with E-state index in [2.05, 4.69) is 13.2 Å². The second-order valence-corrected chi connectivity index (χ2v) is 5.77. The van der Waals surface area contributed by atoms with E-state index in [1.165, 1.54) is 0 Å². The normalized spacial score (nSPS) is 10.7. The van der Waals surface area contributed by atoms with Crippen molar-refractivity contribution in [2.24, 2.45) is 0 Å². The molecule has 0 radical (unpaired) electrons. The van der Waals surface area contributed by atoms with Crippen molar-refractivity contribution in [3.05, 3.63) is 56.8 Å². The van der Waals surface area contributed by atoms with E-state index in [0.29, 0.717) is 4.57 Å². The summed E-state index contributed by atoms with van der Waals surface area (Å²) in [6.07, 6.45) is 1.44. The van der Waals surface area contributed by atoms with Gasteiger partial charge in [0.15, 0.2) is 0 Å². The third-order valence-electron chi connectivity index (χ3n) is 3.82. The van der Waals surface area contributed by atoms with Crippen molar-refractivity contribution in [2.45, 2.75) is 25.3 Å². The Labute approximate surface area is 163 Å². The zero-order chi connectivity index (χ0) is 22.0. The van der Waals surface area contributed by atoms with E-state index in [9.17, 15) is 28.8 Å². The van der Waals surface area contributed by atoms with Crippen LogP contribution in [-0.2, 0) is 34.1 Å². The summed E-state index contributed by atoms with van der Waals surface area (Å²) in [5.74, 6) is -2.23. The van der Waals surface area contributed by atoms with Crippen molar-refractivity contribution in [1.29, 1.82) is 0 Å². The number of carbonyl (C=O) groups is 3. The highest BCUT2D eigenvalue weighted by atomic mass is 16.5. The van der Waals surface area contributed by atoms with Crippen LogP contribution in [0.5, 0.6) is 0 Å². The van der Waals surface area contributed by atoms with Crippen molar-refractivity contribution in [3.63, 3.8) is 0 Å². The Morgan fingerprint density at radius 1 is 0.931 bits per heavy atom. The van der Waals surface area contributed by atoms with Gasteiger partial charge in [-0.3, -0.25) is 14.8 Å². The molecule has 0 aliphatic carbocycles. The van der Waals surface area contributed by atoms with Crippen molar-refractivity contribution in [2.75, 3.05) is 19.8 Å². The minimum absolute atomic E-state index is 0.194. The first-order valence-corrected chi connectivity index (χ1v) is 8.33. The number of ether oxygens (including phenoxy) is 3. The van der Waals surface area contributed by atoms with Crippen LogP contribution in [0.15, 0.2) is 39.7 Å². The molecule has 0 unspecified atom stereocenters. The van der Waals surface area contributed by atoms with Crippen LogP contribution in [0.2, 0.25) is 0 Å². The predicted molar refractivity (Wildman–Crippen MR) is 98.1 cm³/mol. The Bertz CT molecular complexity index is 894. The number of hydrogen-bond donors (Lipinski definition) is 2. The molecule has 1 aromatic rings. The highest BCUT2D eigenvalue weighted by molar-refractivity contribution is 5.81. The summed E-state index contributed by atoms with van der Waals surface area (Å²) in [5.41, 5.74) is -4.82. The monoisotopic (exact) mass is 411 g/mol. The fraction of sp³-hybridized carbons (Fsp3) is 0.412.